The second kappa shape index (κ2) is 6.03. The first-order chi connectivity index (χ1) is 13.2. The Bertz CT molecular complexity index is 1040. The van der Waals surface area contributed by atoms with Crippen molar-refractivity contribution in [2.24, 2.45) is 0 Å². The van der Waals surface area contributed by atoms with Gasteiger partial charge in [-0.15, -0.1) is 0 Å². The van der Waals surface area contributed by atoms with Gasteiger partial charge >= 0.3 is 5.97 Å². The van der Waals surface area contributed by atoms with Crippen molar-refractivity contribution in [3.63, 3.8) is 0 Å². The van der Waals surface area contributed by atoms with E-state index >= 15 is 0 Å². The summed E-state index contributed by atoms with van der Waals surface area (Å²) in [6, 6.07) is 13.7. The van der Waals surface area contributed by atoms with Crippen molar-refractivity contribution in [3.05, 3.63) is 59.3 Å². The van der Waals surface area contributed by atoms with Gasteiger partial charge in [0.15, 0.2) is 11.5 Å². The summed E-state index contributed by atoms with van der Waals surface area (Å²) in [5.74, 6) is 1.26. The van der Waals surface area contributed by atoms with Crippen LogP contribution in [-0.4, -0.2) is 42.8 Å². The Hall–Kier alpha value is -2.99. The smallest absolute Gasteiger partial charge is 0.323 e. The molecule has 6 nitrogen and oxygen atoms in total. The quantitative estimate of drug-likeness (QED) is 0.708. The molecule has 0 aliphatic carbocycles. The molecule has 0 saturated carbocycles. The maximum Gasteiger partial charge on any atom is 0.323 e. The first-order valence-electron chi connectivity index (χ1n) is 8.96. The molecule has 2 aliphatic heterocycles. The molecule has 138 valence electrons. The number of nitrogens with one attached hydrogen (secondary N) is 1. The van der Waals surface area contributed by atoms with Crippen LogP contribution in [0.4, 0.5) is 0 Å². The fraction of sp³-hybridized carbons (Fsp3) is 0.286. The average molecular weight is 364 g/mol. The number of ether oxygens (including phenoxy) is 3. The Morgan fingerprint density at radius 1 is 1.19 bits per heavy atom. The Balaban J connectivity index is 1.70. The molecule has 3 aromatic rings. The molecule has 0 amide bonds. The van der Waals surface area contributed by atoms with Gasteiger partial charge in [-0.1, -0.05) is 24.3 Å². The second-order valence-corrected chi connectivity index (χ2v) is 6.99. The van der Waals surface area contributed by atoms with E-state index in [4.69, 9.17) is 14.2 Å². The van der Waals surface area contributed by atoms with Crippen molar-refractivity contribution in [1.29, 1.82) is 0 Å². The van der Waals surface area contributed by atoms with Gasteiger partial charge in [0.2, 0.25) is 6.79 Å². The molecule has 2 unspecified atom stereocenters. The van der Waals surface area contributed by atoms with Crippen molar-refractivity contribution in [1.82, 2.24) is 9.88 Å². The molecule has 0 bridgehead atoms. The summed E-state index contributed by atoms with van der Waals surface area (Å²) in [7, 11) is 3.40. The topological polar surface area (TPSA) is 63.8 Å². The number of carbonyl (C=O) groups excluding carboxylic acids is 1. The first-order valence-corrected chi connectivity index (χ1v) is 8.96. The van der Waals surface area contributed by atoms with E-state index < -0.39 is 0 Å². The molecular formula is C21H20N2O4. The van der Waals surface area contributed by atoms with Gasteiger partial charge in [0.25, 0.3) is 0 Å². The first kappa shape index (κ1) is 16.2. The average Bonchev–Trinajstić information content (AvgIpc) is 3.30. The number of para-hydroxylation sites is 1. The number of hydrogen-bond donors (Lipinski definition) is 1. The lowest BCUT2D eigenvalue weighted by Crippen LogP contribution is -2.46. The monoisotopic (exact) mass is 364 g/mol. The molecule has 2 aliphatic rings. The van der Waals surface area contributed by atoms with Crippen LogP contribution in [0.3, 0.4) is 0 Å². The summed E-state index contributed by atoms with van der Waals surface area (Å²) in [5.41, 5.74) is 4.40. The molecule has 0 saturated heterocycles. The summed E-state index contributed by atoms with van der Waals surface area (Å²) in [5, 5.41) is 1.15. The number of likely N-dealkylation sites (N-methyl/N-ethyl adjacent to an activating group) is 1. The lowest BCUT2D eigenvalue weighted by molar-refractivity contribution is -0.147. The van der Waals surface area contributed by atoms with Gasteiger partial charge in [0, 0.05) is 23.0 Å². The van der Waals surface area contributed by atoms with Crippen molar-refractivity contribution in [2.45, 2.75) is 18.5 Å². The van der Waals surface area contributed by atoms with Crippen LogP contribution in [0.5, 0.6) is 11.5 Å². The Kier molecular flexibility index (Phi) is 3.62. The summed E-state index contributed by atoms with van der Waals surface area (Å²) in [4.78, 5) is 18.1. The van der Waals surface area contributed by atoms with Crippen LogP contribution < -0.4 is 9.47 Å². The maximum absolute atomic E-state index is 12.5. The number of aromatic nitrogens is 1. The van der Waals surface area contributed by atoms with Crippen molar-refractivity contribution in [3.8, 4) is 11.5 Å². The number of esters is 1. The third-order valence-electron chi connectivity index (χ3n) is 5.60. The van der Waals surface area contributed by atoms with E-state index in [2.05, 4.69) is 22.0 Å². The summed E-state index contributed by atoms with van der Waals surface area (Å²) in [6.07, 6.45) is 0.615. The highest BCUT2D eigenvalue weighted by Gasteiger charge is 2.39. The molecule has 6 heteroatoms. The van der Waals surface area contributed by atoms with Crippen LogP contribution in [0.15, 0.2) is 42.5 Å². The normalized spacial score (nSPS) is 21.3. The van der Waals surface area contributed by atoms with Gasteiger partial charge in [0.1, 0.15) is 6.04 Å². The SMILES string of the molecule is COC(=O)C1Cc2c([nH]c3ccccc23)C(c2ccc3c(c2)OCO3)N1C. The minimum absolute atomic E-state index is 0.111. The zero-order chi connectivity index (χ0) is 18.5. The highest BCUT2D eigenvalue weighted by atomic mass is 16.7. The van der Waals surface area contributed by atoms with E-state index in [1.54, 1.807) is 0 Å². The van der Waals surface area contributed by atoms with Crippen LogP contribution in [0, 0.1) is 0 Å². The van der Waals surface area contributed by atoms with Crippen LogP contribution in [0.25, 0.3) is 10.9 Å². The molecule has 5 rings (SSSR count). The molecule has 1 aromatic heterocycles. The zero-order valence-corrected chi connectivity index (χ0v) is 15.2. The lowest BCUT2D eigenvalue weighted by Gasteiger charge is -2.38. The minimum atomic E-state index is -0.350. The summed E-state index contributed by atoms with van der Waals surface area (Å²) in [6.45, 7) is 0.238. The summed E-state index contributed by atoms with van der Waals surface area (Å²) < 4.78 is 16.1. The van der Waals surface area contributed by atoms with Gasteiger partial charge in [-0.05, 0) is 36.4 Å². The van der Waals surface area contributed by atoms with Crippen LogP contribution in [0.1, 0.15) is 22.9 Å². The fourth-order valence-electron chi connectivity index (χ4n) is 4.27. The maximum atomic E-state index is 12.5. The number of nitrogens with zero attached hydrogens (tertiary/aromatic N) is 1. The highest BCUT2D eigenvalue weighted by Crippen LogP contribution is 2.43. The molecule has 0 fully saturated rings. The second-order valence-electron chi connectivity index (χ2n) is 6.99. The Labute approximate surface area is 156 Å². The largest absolute Gasteiger partial charge is 0.468 e. The van der Waals surface area contributed by atoms with E-state index in [0.717, 1.165) is 33.7 Å². The molecule has 0 radical (unpaired) electrons. The number of H-pyrrole nitrogens is 1. The van der Waals surface area contributed by atoms with Gasteiger partial charge in [-0.25, -0.2) is 0 Å². The Morgan fingerprint density at radius 3 is 2.85 bits per heavy atom. The van der Waals surface area contributed by atoms with Gasteiger partial charge in [-0.2, -0.15) is 0 Å². The van der Waals surface area contributed by atoms with E-state index in [1.165, 1.54) is 12.7 Å². The molecular weight excluding hydrogens is 344 g/mol. The minimum Gasteiger partial charge on any atom is -0.468 e. The number of benzene rings is 2. The number of rotatable bonds is 2. The van der Waals surface area contributed by atoms with Gasteiger partial charge in [-0.3, -0.25) is 9.69 Å². The summed E-state index contributed by atoms with van der Waals surface area (Å²) >= 11 is 0. The van der Waals surface area contributed by atoms with Crippen LogP contribution in [0.2, 0.25) is 0 Å². The van der Waals surface area contributed by atoms with E-state index in [9.17, 15) is 4.79 Å². The van der Waals surface area contributed by atoms with Crippen molar-refractivity contribution >= 4 is 16.9 Å². The van der Waals surface area contributed by atoms with Crippen molar-refractivity contribution < 1.29 is 19.0 Å². The van der Waals surface area contributed by atoms with E-state index in [1.807, 2.05) is 37.4 Å². The molecule has 3 heterocycles. The number of aromatic amines is 1. The number of fused-ring (bicyclic) bond motifs is 4. The molecule has 0 spiro atoms. The predicted molar refractivity (Wildman–Crippen MR) is 100.0 cm³/mol. The van der Waals surface area contributed by atoms with Crippen LogP contribution in [-0.2, 0) is 16.0 Å². The molecule has 27 heavy (non-hydrogen) atoms. The zero-order valence-electron chi connectivity index (χ0n) is 15.2. The number of hydrogen-bond acceptors (Lipinski definition) is 5. The fourth-order valence-corrected chi connectivity index (χ4v) is 4.27. The molecule has 1 N–H and O–H groups in total. The van der Waals surface area contributed by atoms with Gasteiger partial charge in [0.05, 0.1) is 13.2 Å². The third-order valence-corrected chi connectivity index (χ3v) is 5.60. The van der Waals surface area contributed by atoms with Crippen molar-refractivity contribution in [2.75, 3.05) is 21.0 Å². The predicted octanol–water partition coefficient (Wildman–Crippen LogP) is 3.02. The van der Waals surface area contributed by atoms with Crippen LogP contribution >= 0.6 is 0 Å². The number of methoxy groups -OCH3 is 1. The Morgan fingerprint density at radius 2 is 2.00 bits per heavy atom. The van der Waals surface area contributed by atoms with Gasteiger partial charge < -0.3 is 19.2 Å². The standard InChI is InChI=1S/C21H20N2O4/c1-23-16(21(24)25-2)10-14-13-5-3-4-6-15(13)22-19(14)20(23)12-7-8-17-18(9-12)27-11-26-17/h3-9,16,20,22H,10-11H2,1-2H3. The molecule has 2 aromatic carbocycles. The lowest BCUT2D eigenvalue weighted by atomic mass is 9.88. The number of carbonyl (C=O) groups is 1. The van der Waals surface area contributed by atoms with E-state index in [0.29, 0.717) is 6.42 Å². The highest BCUT2D eigenvalue weighted by molar-refractivity contribution is 5.87. The van der Waals surface area contributed by atoms with E-state index in [-0.39, 0.29) is 24.8 Å². The third kappa shape index (κ3) is 2.40. The molecule has 2 atom stereocenters.